The number of hydrogen-bond donors (Lipinski definition) is 0. The van der Waals surface area contributed by atoms with E-state index in [9.17, 15) is 0 Å². The van der Waals surface area contributed by atoms with Crippen molar-refractivity contribution in [2.75, 3.05) is 0 Å². The fraction of sp³-hybridized carbons (Fsp3) is 0.0727. The minimum absolute atomic E-state index is 0.546. The number of benzene rings is 8. The van der Waals surface area contributed by atoms with Crippen LogP contribution in [0.4, 0.5) is 0 Å². The summed E-state index contributed by atoms with van der Waals surface area (Å²) in [6.45, 7) is 4.52. The van der Waals surface area contributed by atoms with Crippen LogP contribution >= 0.6 is 0 Å². The zero-order chi connectivity index (χ0) is 40.6. The summed E-state index contributed by atoms with van der Waals surface area (Å²) in [6, 6.07) is 62.1. The van der Waals surface area contributed by atoms with Gasteiger partial charge in [-0.2, -0.15) is 9.97 Å². The van der Waals surface area contributed by atoms with Crippen molar-refractivity contribution in [2.45, 2.75) is 26.7 Å². The van der Waals surface area contributed by atoms with Gasteiger partial charge in [0.1, 0.15) is 11.2 Å². The van der Waals surface area contributed by atoms with Gasteiger partial charge in [0.05, 0.1) is 27.8 Å². The van der Waals surface area contributed by atoms with Crippen LogP contribution in [0.2, 0.25) is 0 Å². The highest BCUT2D eigenvalue weighted by molar-refractivity contribution is 6.12. The normalized spacial score (nSPS) is 11.9. The Morgan fingerprint density at radius 2 is 1.03 bits per heavy atom. The van der Waals surface area contributed by atoms with Crippen molar-refractivity contribution in [3.63, 3.8) is 0 Å². The Morgan fingerprint density at radius 1 is 0.459 bits per heavy atom. The topological polar surface area (TPSA) is 61.7 Å². The smallest absolute Gasteiger partial charge is 0.238 e. The molecule has 0 saturated heterocycles. The molecule has 0 spiro atoms. The molecule has 61 heavy (non-hydrogen) atoms. The number of furan rings is 1. The number of para-hydroxylation sites is 5. The lowest BCUT2D eigenvalue weighted by atomic mass is 9.92. The lowest BCUT2D eigenvalue weighted by molar-refractivity contribution is 0.669. The van der Waals surface area contributed by atoms with E-state index in [4.69, 9.17) is 19.4 Å². The van der Waals surface area contributed by atoms with E-state index in [0.717, 1.165) is 78.9 Å². The summed E-state index contributed by atoms with van der Waals surface area (Å²) in [5.41, 5.74) is 13.9. The van der Waals surface area contributed by atoms with Crippen LogP contribution < -0.4 is 0 Å². The van der Waals surface area contributed by atoms with Crippen molar-refractivity contribution >= 4 is 65.6 Å². The quantitative estimate of drug-likeness (QED) is 0.161. The first kappa shape index (κ1) is 35.1. The van der Waals surface area contributed by atoms with Gasteiger partial charge in [-0.25, -0.2) is 4.98 Å². The second kappa shape index (κ2) is 13.9. The summed E-state index contributed by atoms with van der Waals surface area (Å²) < 4.78 is 11.0. The van der Waals surface area contributed by atoms with Crippen molar-refractivity contribution in [3.8, 4) is 45.5 Å². The third-order valence-corrected chi connectivity index (χ3v) is 12.3. The summed E-state index contributed by atoms with van der Waals surface area (Å²) >= 11 is 0. The molecular formula is C55H39N5O. The van der Waals surface area contributed by atoms with Crippen molar-refractivity contribution in [3.05, 3.63) is 187 Å². The predicted octanol–water partition coefficient (Wildman–Crippen LogP) is 14.2. The molecule has 0 saturated carbocycles. The molecule has 6 nitrogen and oxygen atoms in total. The summed E-state index contributed by atoms with van der Waals surface area (Å²) in [4.78, 5) is 16.1. The lowest BCUT2D eigenvalue weighted by Crippen LogP contribution is -2.08. The third kappa shape index (κ3) is 5.45. The number of fused-ring (bicyclic) bond motifs is 9. The molecule has 290 valence electrons. The van der Waals surface area contributed by atoms with E-state index >= 15 is 0 Å². The van der Waals surface area contributed by atoms with E-state index in [-0.39, 0.29) is 0 Å². The Hall–Kier alpha value is -7.83. The second-order valence-electron chi connectivity index (χ2n) is 15.9. The minimum Gasteiger partial charge on any atom is -0.456 e. The van der Waals surface area contributed by atoms with Gasteiger partial charge in [-0.05, 0) is 84.1 Å². The van der Waals surface area contributed by atoms with E-state index in [2.05, 4.69) is 181 Å². The number of nitrogens with zero attached hydrogens (tertiary/aromatic N) is 5. The Bertz CT molecular complexity index is 3650. The summed E-state index contributed by atoms with van der Waals surface area (Å²) in [7, 11) is 0. The Kier molecular flexibility index (Phi) is 8.00. The molecule has 4 heterocycles. The maximum atomic E-state index is 6.39. The number of aromatic nitrogens is 5. The molecule has 4 aromatic heterocycles. The van der Waals surface area contributed by atoms with E-state index in [0.29, 0.717) is 17.6 Å². The molecule has 0 aliphatic rings. The molecule has 12 aromatic rings. The maximum Gasteiger partial charge on any atom is 0.238 e. The van der Waals surface area contributed by atoms with Crippen molar-refractivity contribution in [2.24, 2.45) is 0 Å². The molecule has 0 N–H and O–H groups in total. The highest BCUT2D eigenvalue weighted by Gasteiger charge is 2.23. The highest BCUT2D eigenvalue weighted by Crippen LogP contribution is 2.41. The first-order valence-electron chi connectivity index (χ1n) is 21.0. The Labute approximate surface area is 352 Å². The molecule has 0 aliphatic heterocycles. The molecule has 0 fully saturated rings. The Balaban J connectivity index is 1.14. The van der Waals surface area contributed by atoms with Gasteiger partial charge in [0, 0.05) is 43.4 Å². The maximum absolute atomic E-state index is 6.39. The number of rotatable bonds is 7. The van der Waals surface area contributed by atoms with Crippen LogP contribution in [0.3, 0.4) is 0 Å². The van der Waals surface area contributed by atoms with Gasteiger partial charge in [-0.3, -0.25) is 4.57 Å². The van der Waals surface area contributed by atoms with Gasteiger partial charge >= 0.3 is 0 Å². The summed E-state index contributed by atoms with van der Waals surface area (Å²) in [5, 5.41) is 6.83. The number of hydrogen-bond acceptors (Lipinski definition) is 4. The van der Waals surface area contributed by atoms with Gasteiger partial charge in [0.2, 0.25) is 5.95 Å². The van der Waals surface area contributed by atoms with E-state index in [1.807, 2.05) is 18.2 Å². The van der Waals surface area contributed by atoms with E-state index < -0.39 is 0 Å². The minimum atomic E-state index is 0.546. The monoisotopic (exact) mass is 785 g/mol. The molecule has 0 aliphatic carbocycles. The molecular weight excluding hydrogens is 747 g/mol. The van der Waals surface area contributed by atoms with E-state index in [1.165, 1.54) is 38.5 Å². The van der Waals surface area contributed by atoms with Gasteiger partial charge in [-0.1, -0.05) is 141 Å². The molecule has 0 radical (unpaired) electrons. The van der Waals surface area contributed by atoms with Gasteiger partial charge in [0.25, 0.3) is 0 Å². The van der Waals surface area contributed by atoms with E-state index in [1.54, 1.807) is 0 Å². The first-order valence-corrected chi connectivity index (χ1v) is 21.0. The first-order chi connectivity index (χ1) is 30.1. The largest absolute Gasteiger partial charge is 0.456 e. The van der Waals surface area contributed by atoms with Crippen LogP contribution in [-0.4, -0.2) is 24.1 Å². The molecule has 12 rings (SSSR count). The van der Waals surface area contributed by atoms with Crippen LogP contribution in [0, 0.1) is 6.92 Å². The Morgan fingerprint density at radius 3 is 1.79 bits per heavy atom. The molecule has 0 bridgehead atoms. The second-order valence-corrected chi connectivity index (χ2v) is 15.9. The number of aryl methyl sites for hydroxylation is 2. The molecule has 0 atom stereocenters. The van der Waals surface area contributed by atoms with Gasteiger partial charge in [0.15, 0.2) is 11.6 Å². The third-order valence-electron chi connectivity index (χ3n) is 12.3. The predicted molar refractivity (Wildman–Crippen MR) is 251 cm³/mol. The van der Waals surface area contributed by atoms with Crippen LogP contribution in [0.5, 0.6) is 0 Å². The standard InChI is InChI=1S/C55H39N5O/c1-3-16-35-17-4-5-18-38(35)37-31-32-44-41-21-8-11-24-46(41)59(52(44)34(37)2)49-27-14-9-23-45(49)54-56-53(36-29-30-43-42-22-10-15-28-50(42)61-51(43)33-36)57-55(58-54)60-47-25-12-6-19-39(47)40-20-7-13-26-48(40)60/h4-15,17-33H,3,16H2,1-2H3. The van der Waals surface area contributed by atoms with Crippen LogP contribution in [0.25, 0.3) is 111 Å². The molecule has 0 amide bonds. The fourth-order valence-corrected chi connectivity index (χ4v) is 9.61. The van der Waals surface area contributed by atoms with Gasteiger partial charge in [-0.15, -0.1) is 0 Å². The SMILES string of the molecule is CCCc1ccccc1-c1ccc2c3ccccc3n(-c3ccccc3-c3nc(-c4ccc5c(c4)oc4ccccc45)nc(-n4c5ccccc5c5ccccc54)n3)c2c1C. The van der Waals surface area contributed by atoms with Crippen molar-refractivity contribution in [1.29, 1.82) is 0 Å². The van der Waals surface area contributed by atoms with Crippen LogP contribution in [0.1, 0.15) is 24.5 Å². The summed E-state index contributed by atoms with van der Waals surface area (Å²) in [5.74, 6) is 1.69. The molecule has 8 aromatic carbocycles. The molecule has 0 unspecified atom stereocenters. The average Bonchev–Trinajstić information content (AvgIpc) is 3.97. The summed E-state index contributed by atoms with van der Waals surface area (Å²) in [6.07, 6.45) is 2.11. The molecule has 6 heteroatoms. The zero-order valence-electron chi connectivity index (χ0n) is 33.8. The van der Waals surface area contributed by atoms with Crippen LogP contribution in [-0.2, 0) is 6.42 Å². The zero-order valence-corrected chi connectivity index (χ0v) is 33.8. The average molecular weight is 786 g/mol. The van der Waals surface area contributed by atoms with Gasteiger partial charge < -0.3 is 8.98 Å². The lowest BCUT2D eigenvalue weighted by Gasteiger charge is -2.17. The van der Waals surface area contributed by atoms with Crippen molar-refractivity contribution in [1.82, 2.24) is 24.1 Å². The fourth-order valence-electron chi connectivity index (χ4n) is 9.61. The van der Waals surface area contributed by atoms with Crippen molar-refractivity contribution < 1.29 is 4.42 Å². The highest BCUT2D eigenvalue weighted by atomic mass is 16.3. The van der Waals surface area contributed by atoms with Crippen LogP contribution in [0.15, 0.2) is 180 Å².